The van der Waals surface area contributed by atoms with E-state index >= 15 is 0 Å². The lowest BCUT2D eigenvalue weighted by Gasteiger charge is -2.20. The Morgan fingerprint density at radius 3 is 1.37 bits per heavy atom. The smallest absolute Gasteiger partial charge is 0.305 e. The summed E-state index contributed by atoms with van der Waals surface area (Å²) in [7, 11) is 0. The predicted molar refractivity (Wildman–Crippen MR) is 232 cm³/mol. The van der Waals surface area contributed by atoms with E-state index < -0.39 is 12.1 Å². The lowest BCUT2D eigenvalue weighted by atomic mass is 10.0. The second-order valence-electron chi connectivity index (χ2n) is 16.1. The monoisotopic (exact) mass is 762 g/mol. The van der Waals surface area contributed by atoms with Gasteiger partial charge in [0.05, 0.1) is 25.4 Å². The number of hydrogen-bond acceptors (Lipinski definition) is 5. The maximum Gasteiger partial charge on any atom is 0.305 e. The van der Waals surface area contributed by atoms with Crippen LogP contribution in [0, 0.1) is 0 Å². The third kappa shape index (κ3) is 40.0. The number of nitrogens with one attached hydrogen (secondary N) is 1. The summed E-state index contributed by atoms with van der Waals surface area (Å²) >= 11 is 0. The molecule has 6 nitrogen and oxygen atoms in total. The molecule has 2 atom stereocenters. The molecule has 0 aromatic heterocycles. The third-order valence-electron chi connectivity index (χ3n) is 10.7. The number of aliphatic hydroxyl groups is 2. The zero-order valence-corrected chi connectivity index (χ0v) is 36.0. The van der Waals surface area contributed by atoms with Crippen molar-refractivity contribution in [3.8, 4) is 0 Å². The lowest BCUT2D eigenvalue weighted by molar-refractivity contribution is -0.143. The number of rotatable bonds is 43. The molecular weight excluding hydrogens is 671 g/mol. The van der Waals surface area contributed by atoms with Gasteiger partial charge in [0.25, 0.3) is 0 Å². The van der Waals surface area contributed by atoms with Crippen LogP contribution in [0.3, 0.4) is 0 Å². The maximum atomic E-state index is 12.4. The van der Waals surface area contributed by atoms with E-state index in [2.05, 4.69) is 31.3 Å². The molecule has 3 N–H and O–H groups in total. The van der Waals surface area contributed by atoms with Crippen LogP contribution < -0.4 is 5.32 Å². The molecule has 0 aromatic carbocycles. The van der Waals surface area contributed by atoms with Crippen molar-refractivity contribution >= 4 is 11.9 Å². The first-order chi connectivity index (χ1) is 26.5. The Hall–Kier alpha value is -1.66. The summed E-state index contributed by atoms with van der Waals surface area (Å²) in [5.74, 6) is -0.124. The molecule has 6 heteroatoms. The summed E-state index contributed by atoms with van der Waals surface area (Å²) in [5.41, 5.74) is 0. The Morgan fingerprint density at radius 2 is 0.889 bits per heavy atom. The average Bonchev–Trinajstić information content (AvgIpc) is 3.17. The fourth-order valence-corrected chi connectivity index (χ4v) is 7.02. The average molecular weight is 762 g/mol. The zero-order chi connectivity index (χ0) is 39.4. The quantitative estimate of drug-likeness (QED) is 0.0327. The van der Waals surface area contributed by atoms with Gasteiger partial charge in [0, 0.05) is 12.8 Å². The van der Waals surface area contributed by atoms with Gasteiger partial charge in [-0.05, 0) is 51.4 Å². The van der Waals surface area contributed by atoms with Crippen LogP contribution in [-0.2, 0) is 14.3 Å². The number of allylic oxidation sites excluding steroid dienone is 3. The number of esters is 1. The Labute approximate surface area is 335 Å². The van der Waals surface area contributed by atoms with E-state index in [1.165, 1.54) is 161 Å². The summed E-state index contributed by atoms with van der Waals surface area (Å²) < 4.78 is 5.42. The molecule has 0 spiro atoms. The van der Waals surface area contributed by atoms with Gasteiger partial charge in [-0.3, -0.25) is 9.59 Å². The van der Waals surface area contributed by atoms with E-state index in [1.54, 1.807) is 6.08 Å². The van der Waals surface area contributed by atoms with Gasteiger partial charge in [0.1, 0.15) is 0 Å². The molecule has 0 saturated carbocycles. The molecule has 0 fully saturated rings. The van der Waals surface area contributed by atoms with Crippen molar-refractivity contribution in [2.75, 3.05) is 13.2 Å². The molecule has 0 bridgehead atoms. The summed E-state index contributed by atoms with van der Waals surface area (Å²) in [6.07, 6.45) is 50.2. The van der Waals surface area contributed by atoms with E-state index in [0.717, 1.165) is 57.8 Å². The highest BCUT2D eigenvalue weighted by Gasteiger charge is 2.18. The number of unbranched alkanes of at least 4 members (excludes halogenated alkanes) is 30. The first kappa shape index (κ1) is 52.3. The molecule has 0 aromatic rings. The molecular formula is C48H91NO5. The second kappa shape index (κ2) is 44.1. The number of hydrogen-bond donors (Lipinski definition) is 3. The molecule has 0 saturated heterocycles. The van der Waals surface area contributed by atoms with Gasteiger partial charge in [0.2, 0.25) is 5.91 Å². The Morgan fingerprint density at radius 1 is 0.500 bits per heavy atom. The highest BCUT2D eigenvalue weighted by atomic mass is 16.5. The Balaban J connectivity index is 3.55. The SMILES string of the molecule is CCCC/C=C\CCCCCCCC(=O)OCCCCCCCCCCCCC(=O)NC(CO)C(O)/C=C/CCCCCCCCCCCCCCCC. The Kier molecular flexibility index (Phi) is 42.7. The second-order valence-corrected chi connectivity index (χ2v) is 16.1. The van der Waals surface area contributed by atoms with Crippen LogP contribution in [0.4, 0.5) is 0 Å². The highest BCUT2D eigenvalue weighted by molar-refractivity contribution is 5.76. The van der Waals surface area contributed by atoms with Crippen molar-refractivity contribution in [1.82, 2.24) is 5.32 Å². The van der Waals surface area contributed by atoms with Crippen LogP contribution in [0.2, 0.25) is 0 Å². The zero-order valence-electron chi connectivity index (χ0n) is 36.0. The predicted octanol–water partition coefficient (Wildman–Crippen LogP) is 13.6. The molecule has 1 amide bonds. The van der Waals surface area contributed by atoms with Gasteiger partial charge < -0.3 is 20.3 Å². The number of carbonyl (C=O) groups is 2. The van der Waals surface area contributed by atoms with Crippen molar-refractivity contribution in [3.63, 3.8) is 0 Å². The molecule has 0 rings (SSSR count). The van der Waals surface area contributed by atoms with E-state index in [9.17, 15) is 19.8 Å². The van der Waals surface area contributed by atoms with Crippen molar-refractivity contribution in [1.29, 1.82) is 0 Å². The van der Waals surface area contributed by atoms with Gasteiger partial charge in [0.15, 0.2) is 0 Å². The largest absolute Gasteiger partial charge is 0.466 e. The molecule has 54 heavy (non-hydrogen) atoms. The molecule has 0 aliphatic rings. The van der Waals surface area contributed by atoms with Crippen LogP contribution in [0.25, 0.3) is 0 Å². The lowest BCUT2D eigenvalue weighted by Crippen LogP contribution is -2.45. The topological polar surface area (TPSA) is 95.9 Å². The fraction of sp³-hybridized carbons (Fsp3) is 0.875. The van der Waals surface area contributed by atoms with E-state index in [1.807, 2.05) is 6.08 Å². The summed E-state index contributed by atoms with van der Waals surface area (Å²) in [6, 6.07) is -0.644. The van der Waals surface area contributed by atoms with Crippen molar-refractivity contribution in [3.05, 3.63) is 24.3 Å². The number of carbonyl (C=O) groups excluding carboxylic acids is 2. The number of aliphatic hydroxyl groups excluding tert-OH is 2. The van der Waals surface area contributed by atoms with Crippen LogP contribution in [-0.4, -0.2) is 47.4 Å². The van der Waals surface area contributed by atoms with Crippen LogP contribution in [0.1, 0.15) is 245 Å². The van der Waals surface area contributed by atoms with Gasteiger partial charge >= 0.3 is 5.97 Å². The van der Waals surface area contributed by atoms with Gasteiger partial charge in [-0.1, -0.05) is 205 Å². The minimum atomic E-state index is -0.858. The van der Waals surface area contributed by atoms with E-state index in [4.69, 9.17) is 4.74 Å². The molecule has 2 unspecified atom stereocenters. The van der Waals surface area contributed by atoms with Gasteiger partial charge in [-0.15, -0.1) is 0 Å². The first-order valence-corrected chi connectivity index (χ1v) is 23.6. The fourth-order valence-electron chi connectivity index (χ4n) is 7.02. The van der Waals surface area contributed by atoms with Gasteiger partial charge in [-0.2, -0.15) is 0 Å². The van der Waals surface area contributed by atoms with E-state index in [-0.39, 0.29) is 18.5 Å². The van der Waals surface area contributed by atoms with Crippen LogP contribution in [0.15, 0.2) is 24.3 Å². The summed E-state index contributed by atoms with van der Waals surface area (Å²) in [5, 5.41) is 23.0. The highest BCUT2D eigenvalue weighted by Crippen LogP contribution is 2.15. The minimum Gasteiger partial charge on any atom is -0.466 e. The van der Waals surface area contributed by atoms with Crippen molar-refractivity contribution in [2.24, 2.45) is 0 Å². The molecule has 318 valence electrons. The molecule has 0 aliphatic heterocycles. The standard InChI is InChI=1S/C48H91NO5/c1-3-5-7-9-11-13-15-16-17-18-19-21-24-28-32-36-40-46(51)45(44-50)49-47(52)41-37-33-29-25-22-23-27-31-35-39-43-54-48(53)42-38-34-30-26-20-14-12-10-8-6-4-2/h10,12,36,40,45-46,50-51H,3-9,11,13-35,37-39,41-44H2,1-2H3,(H,49,52)/b12-10-,40-36+. The van der Waals surface area contributed by atoms with Crippen molar-refractivity contribution in [2.45, 2.75) is 257 Å². The van der Waals surface area contributed by atoms with Gasteiger partial charge in [-0.25, -0.2) is 0 Å². The summed E-state index contributed by atoms with van der Waals surface area (Å²) in [6.45, 7) is 4.80. The van der Waals surface area contributed by atoms with Crippen molar-refractivity contribution < 1.29 is 24.5 Å². The minimum absolute atomic E-state index is 0.0324. The molecule has 0 heterocycles. The van der Waals surface area contributed by atoms with Crippen LogP contribution in [0.5, 0.6) is 0 Å². The van der Waals surface area contributed by atoms with Crippen LogP contribution >= 0.6 is 0 Å². The molecule has 0 radical (unpaired) electrons. The number of ether oxygens (including phenoxy) is 1. The maximum absolute atomic E-state index is 12.4. The third-order valence-corrected chi connectivity index (χ3v) is 10.7. The normalized spacial score (nSPS) is 12.9. The first-order valence-electron chi connectivity index (χ1n) is 23.6. The summed E-state index contributed by atoms with van der Waals surface area (Å²) in [4.78, 5) is 24.4. The molecule has 0 aliphatic carbocycles. The Bertz CT molecular complexity index is 843. The number of amides is 1. The van der Waals surface area contributed by atoms with E-state index in [0.29, 0.717) is 19.4 Å².